The van der Waals surface area contributed by atoms with Crippen LogP contribution in [0.4, 0.5) is 0 Å². The van der Waals surface area contributed by atoms with Crippen molar-refractivity contribution in [3.05, 3.63) is 0 Å². The molecule has 0 bridgehead atoms. The molecule has 0 rings (SSSR count). The van der Waals surface area contributed by atoms with Gasteiger partial charge in [0.05, 0.1) is 0 Å². The molecular formula is H16CeO8+3. The molecule has 0 saturated carbocycles. The van der Waals surface area contributed by atoms with Gasteiger partial charge in [0.1, 0.15) is 0 Å². The normalized spacial score (nSPS) is 0. The third-order valence-electron chi connectivity index (χ3n) is 0. The summed E-state index contributed by atoms with van der Waals surface area (Å²) in [6.07, 6.45) is 0. The largest absolute Gasteiger partial charge is 3.00 e. The molecule has 65 valence electrons. The van der Waals surface area contributed by atoms with E-state index >= 15 is 0 Å². The van der Waals surface area contributed by atoms with Gasteiger partial charge in [0.15, 0.2) is 0 Å². The van der Waals surface area contributed by atoms with Crippen molar-refractivity contribution >= 4 is 0 Å². The summed E-state index contributed by atoms with van der Waals surface area (Å²) in [6.45, 7) is 0. The Bertz CT molecular complexity index is 4.53. The molecule has 0 aliphatic heterocycles. The van der Waals surface area contributed by atoms with Crippen molar-refractivity contribution in [2.45, 2.75) is 0 Å². The zero-order valence-electron chi connectivity index (χ0n) is 4.50. The molecule has 8 nitrogen and oxygen atoms in total. The van der Waals surface area contributed by atoms with Gasteiger partial charge in [0.25, 0.3) is 0 Å². The fraction of sp³-hybridized carbons (Fsp3) is 0. The first kappa shape index (κ1) is 739. The Labute approximate surface area is 85.1 Å². The summed E-state index contributed by atoms with van der Waals surface area (Å²) >= 11 is 0. The maximum Gasteiger partial charge on any atom is 3.00 e. The van der Waals surface area contributed by atoms with E-state index < -0.39 is 0 Å². The van der Waals surface area contributed by atoms with Crippen LogP contribution in [0.25, 0.3) is 0 Å². The van der Waals surface area contributed by atoms with Gasteiger partial charge >= 0.3 is 41.7 Å². The molecule has 0 unspecified atom stereocenters. The van der Waals surface area contributed by atoms with Gasteiger partial charge in [-0.3, -0.25) is 0 Å². The fourth-order valence-electron chi connectivity index (χ4n) is 0. The standard InChI is InChI=1S/Ce.8H2O/h;8*1H2/q+3;;;;;;;;. The van der Waals surface area contributed by atoms with Crippen LogP contribution in [0, 0.1) is 41.7 Å². The second-order valence-electron chi connectivity index (χ2n) is 0. The van der Waals surface area contributed by atoms with Gasteiger partial charge in [0.2, 0.25) is 0 Å². The molecule has 1 radical (unpaired) electrons. The number of hydrogen-bond acceptors (Lipinski definition) is 0. The van der Waals surface area contributed by atoms with E-state index in [9.17, 15) is 0 Å². The van der Waals surface area contributed by atoms with Crippen molar-refractivity contribution < 1.29 is 85.6 Å². The van der Waals surface area contributed by atoms with E-state index in [2.05, 4.69) is 0 Å². The molecule has 16 N–H and O–H groups in total. The first-order valence-corrected chi connectivity index (χ1v) is 0. The van der Waals surface area contributed by atoms with Crippen molar-refractivity contribution in [2.24, 2.45) is 0 Å². The average Bonchev–Trinajstić information content (AvgIpc) is 0. The molecule has 0 heterocycles. The molecule has 0 aromatic heterocycles. The van der Waals surface area contributed by atoms with Crippen LogP contribution in [-0.4, -0.2) is 43.8 Å². The van der Waals surface area contributed by atoms with E-state index in [1.54, 1.807) is 0 Å². The molecule has 0 saturated heterocycles. The van der Waals surface area contributed by atoms with Crippen molar-refractivity contribution in [1.82, 2.24) is 0 Å². The van der Waals surface area contributed by atoms with Crippen molar-refractivity contribution in [3.63, 3.8) is 0 Å². The maximum atomic E-state index is 0. The van der Waals surface area contributed by atoms with E-state index in [4.69, 9.17) is 0 Å². The Kier molecular flexibility index (Phi) is 43200. The molecular weight excluding hydrogens is 268 g/mol. The Morgan fingerprint density at radius 1 is 0.222 bits per heavy atom. The van der Waals surface area contributed by atoms with E-state index in [1.807, 2.05) is 0 Å². The van der Waals surface area contributed by atoms with Gasteiger partial charge in [-0.2, -0.15) is 0 Å². The van der Waals surface area contributed by atoms with Gasteiger partial charge < -0.3 is 43.8 Å². The summed E-state index contributed by atoms with van der Waals surface area (Å²) in [5.41, 5.74) is 0. The van der Waals surface area contributed by atoms with E-state index in [0.29, 0.717) is 0 Å². The third-order valence-corrected chi connectivity index (χ3v) is 0. The summed E-state index contributed by atoms with van der Waals surface area (Å²) in [5, 5.41) is 0. The van der Waals surface area contributed by atoms with Crippen LogP contribution in [0.3, 0.4) is 0 Å². The zero-order valence-corrected chi connectivity index (χ0v) is 7.64. The minimum absolute atomic E-state index is 0. The third kappa shape index (κ3) is 404. The van der Waals surface area contributed by atoms with Gasteiger partial charge in [-0.1, -0.05) is 0 Å². The van der Waals surface area contributed by atoms with Crippen LogP contribution in [0.15, 0.2) is 0 Å². The minimum Gasteiger partial charge on any atom is -0.412 e. The van der Waals surface area contributed by atoms with Crippen molar-refractivity contribution in [3.8, 4) is 0 Å². The molecule has 0 aliphatic rings. The van der Waals surface area contributed by atoms with E-state index in [0.717, 1.165) is 0 Å². The Morgan fingerprint density at radius 2 is 0.222 bits per heavy atom. The molecule has 0 spiro atoms. The predicted octanol–water partition coefficient (Wildman–Crippen LogP) is -6.60. The molecule has 0 fully saturated rings. The molecule has 0 aromatic carbocycles. The summed E-state index contributed by atoms with van der Waals surface area (Å²) in [5.74, 6) is 0. The predicted molar refractivity (Wildman–Crippen MR) is 28.9 cm³/mol. The summed E-state index contributed by atoms with van der Waals surface area (Å²) in [6, 6.07) is 0. The van der Waals surface area contributed by atoms with Crippen LogP contribution in [0.2, 0.25) is 0 Å². The van der Waals surface area contributed by atoms with Crippen molar-refractivity contribution in [1.29, 1.82) is 0 Å². The van der Waals surface area contributed by atoms with Crippen LogP contribution in [0.1, 0.15) is 0 Å². The summed E-state index contributed by atoms with van der Waals surface area (Å²) in [4.78, 5) is 0. The smallest absolute Gasteiger partial charge is 0.412 e. The molecule has 0 aromatic rings. The molecule has 0 atom stereocenters. The van der Waals surface area contributed by atoms with Crippen molar-refractivity contribution in [2.75, 3.05) is 0 Å². The van der Waals surface area contributed by atoms with E-state index in [1.165, 1.54) is 0 Å². The molecule has 9 heteroatoms. The topological polar surface area (TPSA) is 252 Å². The van der Waals surface area contributed by atoms with Crippen LogP contribution in [0.5, 0.6) is 0 Å². The minimum atomic E-state index is 0. The quantitative estimate of drug-likeness (QED) is 0.401. The Hall–Kier alpha value is 1.06. The SMILES string of the molecule is O.O.O.O.O.O.O.O.[Ce+3]. The van der Waals surface area contributed by atoms with Crippen LogP contribution < -0.4 is 0 Å². The van der Waals surface area contributed by atoms with Gasteiger partial charge in [-0.25, -0.2) is 0 Å². The second-order valence-corrected chi connectivity index (χ2v) is 0. The zero-order chi connectivity index (χ0) is 0. The van der Waals surface area contributed by atoms with Gasteiger partial charge in [-0.15, -0.1) is 0 Å². The van der Waals surface area contributed by atoms with Gasteiger partial charge in [0, 0.05) is 0 Å². The number of rotatable bonds is 0. The Balaban J connectivity index is 0. The van der Waals surface area contributed by atoms with Crippen LogP contribution in [-0.2, 0) is 0 Å². The molecule has 0 aliphatic carbocycles. The Morgan fingerprint density at radius 3 is 0.222 bits per heavy atom. The van der Waals surface area contributed by atoms with Crippen LogP contribution >= 0.6 is 0 Å². The first-order chi connectivity index (χ1) is 0. The van der Waals surface area contributed by atoms with Gasteiger partial charge in [-0.05, 0) is 0 Å². The molecule has 0 amide bonds. The fourth-order valence-corrected chi connectivity index (χ4v) is 0. The average molecular weight is 284 g/mol. The first-order valence-electron chi connectivity index (χ1n) is 0. The molecule has 9 heavy (non-hydrogen) atoms. The summed E-state index contributed by atoms with van der Waals surface area (Å²) < 4.78 is 0. The van der Waals surface area contributed by atoms with E-state index in [-0.39, 0.29) is 85.6 Å². The maximum absolute atomic E-state index is 0. The monoisotopic (exact) mass is 284 g/mol. The second kappa shape index (κ2) is 527. The summed E-state index contributed by atoms with van der Waals surface area (Å²) in [7, 11) is 0. The number of hydrogen-bond donors (Lipinski definition) is 0.